The van der Waals surface area contributed by atoms with Crippen LogP contribution in [0.5, 0.6) is 5.75 Å². The first-order chi connectivity index (χ1) is 8.46. The molecule has 0 bridgehead atoms. The fourth-order valence-electron chi connectivity index (χ4n) is 2.05. The fourth-order valence-corrected chi connectivity index (χ4v) is 2.26. The molecule has 5 heteroatoms. The predicted octanol–water partition coefficient (Wildman–Crippen LogP) is 1.90. The van der Waals surface area contributed by atoms with Crippen LogP contribution in [0.25, 0.3) is 0 Å². The molecule has 0 aromatic heterocycles. The zero-order chi connectivity index (χ0) is 13.3. The van der Waals surface area contributed by atoms with Crippen LogP contribution in [-0.4, -0.2) is 23.1 Å². The van der Waals surface area contributed by atoms with Gasteiger partial charge >= 0.3 is 0 Å². The molecule has 18 heavy (non-hydrogen) atoms. The normalized spacial score (nSPS) is 18.2. The Kier molecular flexibility index (Phi) is 3.50. The number of carbonyl (C=O) groups is 1. The van der Waals surface area contributed by atoms with Crippen molar-refractivity contribution in [1.82, 2.24) is 5.32 Å². The van der Waals surface area contributed by atoms with Crippen molar-refractivity contribution in [2.24, 2.45) is 11.7 Å². The van der Waals surface area contributed by atoms with Gasteiger partial charge in [0.2, 0.25) is 0 Å². The number of hydrogen-bond donors (Lipinski definition) is 3. The van der Waals surface area contributed by atoms with Crippen LogP contribution in [0.3, 0.4) is 0 Å². The number of phenols is 1. The number of nitrogens with two attached hydrogens (primary N) is 1. The number of carbonyl (C=O) groups excluding carboxylic acids is 1. The molecule has 98 valence electrons. The summed E-state index contributed by atoms with van der Waals surface area (Å²) in [5.74, 6) is 0.156. The number of benzene rings is 1. The van der Waals surface area contributed by atoms with E-state index in [0.29, 0.717) is 17.5 Å². The largest absolute Gasteiger partial charge is 0.508 e. The molecule has 0 heterocycles. The van der Waals surface area contributed by atoms with Crippen LogP contribution in [0.2, 0.25) is 5.02 Å². The summed E-state index contributed by atoms with van der Waals surface area (Å²) in [6.07, 6.45) is 2.17. The molecule has 1 atom stereocenters. The third-order valence-electron chi connectivity index (χ3n) is 3.50. The summed E-state index contributed by atoms with van der Waals surface area (Å²) in [7, 11) is 0. The molecule has 0 spiro atoms. The van der Waals surface area contributed by atoms with E-state index in [4.69, 9.17) is 17.3 Å². The molecule has 1 fully saturated rings. The Labute approximate surface area is 111 Å². The first-order valence-corrected chi connectivity index (χ1v) is 6.35. The summed E-state index contributed by atoms with van der Waals surface area (Å²) in [5, 5.41) is 12.6. The maximum absolute atomic E-state index is 12.2. The van der Waals surface area contributed by atoms with Gasteiger partial charge < -0.3 is 16.2 Å². The van der Waals surface area contributed by atoms with E-state index < -0.39 is 5.54 Å². The van der Waals surface area contributed by atoms with Gasteiger partial charge in [-0.15, -0.1) is 0 Å². The second kappa shape index (κ2) is 4.78. The van der Waals surface area contributed by atoms with Crippen molar-refractivity contribution >= 4 is 17.5 Å². The Balaban J connectivity index is 2.18. The minimum absolute atomic E-state index is 0.0189. The number of aromatic hydroxyl groups is 1. The standard InChI is InChI=1S/C13H17ClN2O2/c1-13(7-15,8-2-3-8)16-12(18)10-6-9(17)4-5-11(10)14/h4-6,8,17H,2-3,7,15H2,1H3,(H,16,18). The van der Waals surface area contributed by atoms with Gasteiger partial charge in [0, 0.05) is 6.54 Å². The number of rotatable bonds is 4. The lowest BCUT2D eigenvalue weighted by molar-refractivity contribution is 0.0897. The van der Waals surface area contributed by atoms with E-state index in [9.17, 15) is 9.90 Å². The van der Waals surface area contributed by atoms with Gasteiger partial charge in [0.05, 0.1) is 16.1 Å². The highest BCUT2D eigenvalue weighted by molar-refractivity contribution is 6.33. The van der Waals surface area contributed by atoms with Crippen LogP contribution in [0.1, 0.15) is 30.1 Å². The highest BCUT2D eigenvalue weighted by Crippen LogP contribution is 2.39. The van der Waals surface area contributed by atoms with Gasteiger partial charge in [-0.2, -0.15) is 0 Å². The highest BCUT2D eigenvalue weighted by atomic mass is 35.5. The molecule has 0 radical (unpaired) electrons. The SMILES string of the molecule is CC(CN)(NC(=O)c1cc(O)ccc1Cl)C1CC1. The average molecular weight is 269 g/mol. The van der Waals surface area contributed by atoms with Crippen molar-refractivity contribution in [3.05, 3.63) is 28.8 Å². The Bertz CT molecular complexity index is 474. The molecular weight excluding hydrogens is 252 g/mol. The molecule has 2 rings (SSSR count). The lowest BCUT2D eigenvalue weighted by Crippen LogP contribution is -2.53. The molecule has 4 N–H and O–H groups in total. The van der Waals surface area contributed by atoms with Gasteiger partial charge in [0.25, 0.3) is 5.91 Å². The third-order valence-corrected chi connectivity index (χ3v) is 3.83. The highest BCUT2D eigenvalue weighted by Gasteiger charge is 2.41. The minimum Gasteiger partial charge on any atom is -0.508 e. The zero-order valence-corrected chi connectivity index (χ0v) is 11.0. The lowest BCUT2D eigenvalue weighted by Gasteiger charge is -2.29. The number of hydrogen-bond acceptors (Lipinski definition) is 3. The van der Waals surface area contributed by atoms with E-state index in [0.717, 1.165) is 12.8 Å². The number of halogens is 1. The summed E-state index contributed by atoms with van der Waals surface area (Å²) in [4.78, 5) is 12.2. The van der Waals surface area contributed by atoms with E-state index in [2.05, 4.69) is 5.32 Å². The average Bonchev–Trinajstić information content (AvgIpc) is 3.16. The van der Waals surface area contributed by atoms with E-state index in [1.807, 2.05) is 6.92 Å². The molecule has 1 unspecified atom stereocenters. The van der Waals surface area contributed by atoms with Crippen molar-refractivity contribution in [2.75, 3.05) is 6.54 Å². The second-order valence-corrected chi connectivity index (χ2v) is 5.42. The molecule has 0 aliphatic heterocycles. The molecule has 1 aliphatic carbocycles. The molecule has 4 nitrogen and oxygen atoms in total. The first-order valence-electron chi connectivity index (χ1n) is 5.97. The smallest absolute Gasteiger partial charge is 0.253 e. The van der Waals surface area contributed by atoms with E-state index in [1.54, 1.807) is 0 Å². The van der Waals surface area contributed by atoms with Crippen molar-refractivity contribution < 1.29 is 9.90 Å². The van der Waals surface area contributed by atoms with Gasteiger partial charge in [0.1, 0.15) is 5.75 Å². The van der Waals surface area contributed by atoms with E-state index in [1.165, 1.54) is 18.2 Å². The zero-order valence-electron chi connectivity index (χ0n) is 10.2. The van der Waals surface area contributed by atoms with Crippen molar-refractivity contribution in [3.63, 3.8) is 0 Å². The Hall–Kier alpha value is -1.26. The first kappa shape index (κ1) is 13.2. The van der Waals surface area contributed by atoms with Crippen molar-refractivity contribution in [3.8, 4) is 5.75 Å². The molecule has 1 amide bonds. The Morgan fingerprint density at radius 1 is 1.61 bits per heavy atom. The summed E-state index contributed by atoms with van der Waals surface area (Å²) in [6, 6.07) is 4.31. The van der Waals surface area contributed by atoms with Gasteiger partial charge in [-0.1, -0.05) is 11.6 Å². The minimum atomic E-state index is -0.397. The van der Waals surface area contributed by atoms with E-state index >= 15 is 0 Å². The third kappa shape index (κ3) is 2.60. The van der Waals surface area contributed by atoms with Crippen LogP contribution in [-0.2, 0) is 0 Å². The lowest BCUT2D eigenvalue weighted by atomic mass is 9.95. The molecule has 1 saturated carbocycles. The molecular formula is C13H17ClN2O2. The Morgan fingerprint density at radius 2 is 2.28 bits per heavy atom. The number of amides is 1. The summed E-state index contributed by atoms with van der Waals surface area (Å²) >= 11 is 5.96. The Morgan fingerprint density at radius 3 is 2.83 bits per heavy atom. The summed E-state index contributed by atoms with van der Waals surface area (Å²) in [5.41, 5.74) is 5.62. The molecule has 0 saturated heterocycles. The topological polar surface area (TPSA) is 75.3 Å². The van der Waals surface area contributed by atoms with Gasteiger partial charge in [-0.3, -0.25) is 4.79 Å². The predicted molar refractivity (Wildman–Crippen MR) is 70.8 cm³/mol. The van der Waals surface area contributed by atoms with Gasteiger partial charge in [0.15, 0.2) is 0 Å². The van der Waals surface area contributed by atoms with Crippen LogP contribution in [0.15, 0.2) is 18.2 Å². The maximum atomic E-state index is 12.2. The fraction of sp³-hybridized carbons (Fsp3) is 0.462. The maximum Gasteiger partial charge on any atom is 0.253 e. The van der Waals surface area contributed by atoms with Crippen LogP contribution < -0.4 is 11.1 Å². The molecule has 1 aromatic carbocycles. The molecule has 1 aromatic rings. The van der Waals surface area contributed by atoms with Crippen molar-refractivity contribution in [2.45, 2.75) is 25.3 Å². The van der Waals surface area contributed by atoms with Gasteiger partial charge in [-0.25, -0.2) is 0 Å². The monoisotopic (exact) mass is 268 g/mol. The number of phenolic OH excluding ortho intramolecular Hbond substituents is 1. The number of nitrogens with one attached hydrogen (secondary N) is 1. The van der Waals surface area contributed by atoms with Crippen LogP contribution in [0, 0.1) is 5.92 Å². The molecule has 1 aliphatic rings. The summed E-state index contributed by atoms with van der Waals surface area (Å²) < 4.78 is 0. The van der Waals surface area contributed by atoms with Crippen LogP contribution in [0.4, 0.5) is 0 Å². The van der Waals surface area contributed by atoms with Crippen molar-refractivity contribution in [1.29, 1.82) is 0 Å². The quantitative estimate of drug-likeness (QED) is 0.781. The summed E-state index contributed by atoms with van der Waals surface area (Å²) in [6.45, 7) is 2.33. The van der Waals surface area contributed by atoms with Gasteiger partial charge in [-0.05, 0) is 43.9 Å². The second-order valence-electron chi connectivity index (χ2n) is 5.01. The van der Waals surface area contributed by atoms with Crippen LogP contribution >= 0.6 is 11.6 Å². The van der Waals surface area contributed by atoms with E-state index in [-0.39, 0.29) is 17.2 Å².